The molecular weight excluding hydrogens is 1140 g/mol. The van der Waals surface area contributed by atoms with Gasteiger partial charge in [0.05, 0.1) is 50.7 Å². The smallest absolute Gasteiger partial charge is 0.364 e. The van der Waals surface area contributed by atoms with E-state index in [2.05, 4.69) is 36.6 Å². The van der Waals surface area contributed by atoms with E-state index in [0.29, 0.717) is 19.3 Å². The van der Waals surface area contributed by atoms with Gasteiger partial charge in [0.15, 0.2) is 12.6 Å². The van der Waals surface area contributed by atoms with Crippen LogP contribution in [0, 0.1) is 0 Å². The Balaban J connectivity index is 1.61. The van der Waals surface area contributed by atoms with Gasteiger partial charge >= 0.3 is 5.97 Å². The van der Waals surface area contributed by atoms with Gasteiger partial charge in [-0.25, -0.2) is 4.79 Å². The van der Waals surface area contributed by atoms with E-state index in [1.54, 1.807) is 0 Å². The maximum Gasteiger partial charge on any atom is 0.364 e. The Morgan fingerprint density at radius 1 is 0.580 bits per heavy atom. The average Bonchev–Trinajstić information content (AvgIpc) is 0.810. The fourth-order valence-electron chi connectivity index (χ4n) is 12.0. The molecule has 18 unspecified atom stereocenters. The van der Waals surface area contributed by atoms with Gasteiger partial charge in [-0.1, -0.05) is 199 Å². The molecule has 23 nitrogen and oxygen atoms in total. The highest BCUT2D eigenvalue weighted by Crippen LogP contribution is 2.39. The van der Waals surface area contributed by atoms with Gasteiger partial charge in [-0.05, 0) is 38.5 Å². The molecule has 3 saturated heterocycles. The van der Waals surface area contributed by atoms with E-state index in [1.165, 1.54) is 116 Å². The number of carbonyl (C=O) groups is 3. The monoisotopic (exact) mass is 1260 g/mol. The molecule has 0 aromatic carbocycles. The topological polar surface area (TPSA) is 373 Å². The minimum absolute atomic E-state index is 0.220. The third-order valence-corrected chi connectivity index (χ3v) is 17.5. The van der Waals surface area contributed by atoms with E-state index in [4.69, 9.17) is 28.4 Å². The van der Waals surface area contributed by atoms with Gasteiger partial charge in [0.25, 0.3) is 5.79 Å². The lowest BCUT2D eigenvalue weighted by Crippen LogP contribution is -2.70. The second-order valence-corrected chi connectivity index (χ2v) is 25.0. The minimum atomic E-state index is -3.08. The van der Waals surface area contributed by atoms with Crippen LogP contribution in [0.4, 0.5) is 0 Å². The number of unbranched alkanes of at least 4 members (excludes halogenated alkanes) is 29. The first-order valence-corrected chi connectivity index (χ1v) is 34.0. The average molecular weight is 1270 g/mol. The van der Waals surface area contributed by atoms with Crippen molar-refractivity contribution in [2.24, 2.45) is 0 Å². The van der Waals surface area contributed by atoms with Gasteiger partial charge in [0.2, 0.25) is 11.8 Å². The molecule has 88 heavy (non-hydrogen) atoms. The molecule has 0 spiro atoms. The summed E-state index contributed by atoms with van der Waals surface area (Å²) in [5, 5.41) is 136. The molecule has 0 aliphatic carbocycles. The van der Waals surface area contributed by atoms with Gasteiger partial charge in [0.1, 0.15) is 67.1 Å². The summed E-state index contributed by atoms with van der Waals surface area (Å²) in [4.78, 5) is 38.5. The molecule has 0 aromatic rings. The van der Waals surface area contributed by atoms with Crippen LogP contribution in [0.25, 0.3) is 0 Å². The van der Waals surface area contributed by atoms with E-state index in [-0.39, 0.29) is 18.9 Å². The van der Waals surface area contributed by atoms with Crippen LogP contribution in [0.2, 0.25) is 0 Å². The number of aliphatic carboxylic acids is 1. The van der Waals surface area contributed by atoms with Crippen molar-refractivity contribution >= 4 is 17.8 Å². The molecule has 516 valence electrons. The SMILES string of the molecule is CCCCCC/C=C\CCCCCCCCCC(=O)NC(COC1OC(CO)C(OC2OC(CO)C(O)C(OC3(C(=O)O)CC(O)C(NC(C)=O)C(C(O)C(O)CO)O3)C2O)C(O)C1O)C(O)CCCCCCCCCCCCCCCCCCCCC. The van der Waals surface area contributed by atoms with Crippen LogP contribution in [0.1, 0.15) is 245 Å². The molecule has 23 heteroatoms. The Morgan fingerprint density at radius 2 is 1.06 bits per heavy atom. The van der Waals surface area contributed by atoms with E-state index >= 15 is 0 Å². The van der Waals surface area contributed by atoms with Gasteiger partial charge in [0, 0.05) is 19.8 Å². The van der Waals surface area contributed by atoms with E-state index in [1.807, 2.05) is 0 Å². The summed E-state index contributed by atoms with van der Waals surface area (Å²) >= 11 is 0. The normalized spacial score (nSPS) is 29.0. The van der Waals surface area contributed by atoms with E-state index in [9.17, 15) is 75.7 Å². The first-order chi connectivity index (χ1) is 42.4. The number of carboxylic acids is 1. The lowest BCUT2D eigenvalue weighted by Gasteiger charge is -2.50. The molecule has 3 aliphatic heterocycles. The zero-order valence-electron chi connectivity index (χ0n) is 53.6. The van der Waals surface area contributed by atoms with Crippen LogP contribution < -0.4 is 10.6 Å². The number of ether oxygens (including phenoxy) is 6. The predicted molar refractivity (Wildman–Crippen MR) is 329 cm³/mol. The van der Waals surface area contributed by atoms with Crippen molar-refractivity contribution in [1.29, 1.82) is 0 Å². The van der Waals surface area contributed by atoms with Crippen molar-refractivity contribution in [3.05, 3.63) is 12.2 Å². The molecule has 2 amide bonds. The highest BCUT2D eigenvalue weighted by atomic mass is 16.8. The summed E-state index contributed by atoms with van der Waals surface area (Å²) in [6.45, 7) is 2.19. The Morgan fingerprint density at radius 3 is 1.55 bits per heavy atom. The fraction of sp³-hybridized carbons (Fsp3) is 0.923. The summed E-state index contributed by atoms with van der Waals surface area (Å²) in [5.74, 6) is -6.10. The molecule has 18 atom stereocenters. The highest BCUT2D eigenvalue weighted by Gasteiger charge is 2.60. The van der Waals surface area contributed by atoms with E-state index < -0.39 is 148 Å². The molecule has 0 saturated carbocycles. The first kappa shape index (κ1) is 79.7. The molecular formula is C65H120N2O21. The van der Waals surface area contributed by atoms with Crippen LogP contribution in [0.15, 0.2) is 12.2 Å². The van der Waals surface area contributed by atoms with Crippen molar-refractivity contribution < 1.29 is 104 Å². The second kappa shape index (κ2) is 46.5. The zero-order chi connectivity index (χ0) is 64.7. The minimum Gasteiger partial charge on any atom is -0.477 e. The maximum absolute atomic E-state index is 13.4. The number of carboxylic acid groups (broad SMARTS) is 1. The molecule has 3 rings (SSSR count). The van der Waals surface area contributed by atoms with Gasteiger partial charge in [-0.2, -0.15) is 0 Å². The lowest BCUT2D eigenvalue weighted by molar-refractivity contribution is -0.386. The number of amides is 2. The Kier molecular flexibility index (Phi) is 42.1. The third-order valence-electron chi connectivity index (χ3n) is 17.5. The van der Waals surface area contributed by atoms with Crippen molar-refractivity contribution in [3.8, 4) is 0 Å². The van der Waals surface area contributed by atoms with Gasteiger partial charge in [-0.15, -0.1) is 0 Å². The molecule has 14 N–H and O–H groups in total. The predicted octanol–water partition coefficient (Wildman–Crippen LogP) is 5.51. The molecule has 0 radical (unpaired) electrons. The van der Waals surface area contributed by atoms with Crippen molar-refractivity contribution in [2.75, 3.05) is 26.4 Å². The Labute approximate surface area is 524 Å². The number of aliphatic hydroxyl groups is 11. The van der Waals surface area contributed by atoms with Crippen LogP contribution in [0.3, 0.4) is 0 Å². The number of allylic oxidation sites excluding steroid dienone is 2. The van der Waals surface area contributed by atoms with Crippen molar-refractivity contribution in [2.45, 2.75) is 355 Å². The Hall–Kier alpha value is -2.53. The summed E-state index contributed by atoms with van der Waals surface area (Å²) in [5.41, 5.74) is 0. The van der Waals surface area contributed by atoms with Crippen molar-refractivity contribution in [1.82, 2.24) is 10.6 Å². The van der Waals surface area contributed by atoms with Crippen LogP contribution in [-0.4, -0.2) is 215 Å². The summed E-state index contributed by atoms with van der Waals surface area (Å²) in [7, 11) is 0. The van der Waals surface area contributed by atoms with Gasteiger partial charge in [-0.3, -0.25) is 9.59 Å². The Bertz CT molecular complexity index is 1840. The van der Waals surface area contributed by atoms with Crippen LogP contribution >= 0.6 is 0 Å². The molecule has 0 bridgehead atoms. The van der Waals surface area contributed by atoms with Gasteiger partial charge < -0.3 is 100 Å². The first-order valence-electron chi connectivity index (χ1n) is 34.0. The van der Waals surface area contributed by atoms with Crippen molar-refractivity contribution in [3.63, 3.8) is 0 Å². The highest BCUT2D eigenvalue weighted by molar-refractivity contribution is 5.77. The standard InChI is InChI=1S/C65H120N2O21/c1-4-6-8-10-12-14-16-18-20-21-22-23-25-26-28-30-32-34-36-38-47(72)46(67-52(75)39-37-35-33-31-29-27-24-19-17-15-13-11-9-7-5-2)44-83-62-57(79)56(78)59(51(43-70)85-62)86-63-58(80)61(55(77)50(42-69)84-63)88-65(64(81)82)40-48(73)53(66-45(3)71)60(87-65)54(76)49(74)41-68/h15,17,46-51,53-63,68-70,72-74,76-80H,4-14,16,18-44H2,1-3H3,(H,66,71)(H,67,75)(H,81,82)/b17-15-. The number of nitrogens with one attached hydrogen (secondary N) is 2. The largest absolute Gasteiger partial charge is 0.477 e. The lowest BCUT2D eigenvalue weighted by atomic mass is 9.88. The molecule has 3 aliphatic rings. The second-order valence-electron chi connectivity index (χ2n) is 25.0. The number of hydrogen-bond donors (Lipinski definition) is 14. The third kappa shape index (κ3) is 29.2. The number of hydrogen-bond acceptors (Lipinski definition) is 20. The number of aliphatic hydroxyl groups excluding tert-OH is 11. The van der Waals surface area contributed by atoms with Crippen LogP contribution in [-0.2, 0) is 42.8 Å². The van der Waals surface area contributed by atoms with E-state index in [0.717, 1.165) is 84.0 Å². The molecule has 3 heterocycles. The zero-order valence-corrected chi connectivity index (χ0v) is 53.6. The maximum atomic E-state index is 13.4. The van der Waals surface area contributed by atoms with Crippen LogP contribution in [0.5, 0.6) is 0 Å². The fourth-order valence-corrected chi connectivity index (χ4v) is 12.0. The summed E-state index contributed by atoms with van der Waals surface area (Å²) in [6, 6.07) is -2.53. The number of rotatable bonds is 51. The summed E-state index contributed by atoms with van der Waals surface area (Å²) < 4.78 is 34.8. The quantitative estimate of drug-likeness (QED) is 0.0264. The number of carbonyl (C=O) groups excluding carboxylic acids is 2. The summed E-state index contributed by atoms with van der Waals surface area (Å²) in [6.07, 6.45) is 13.5. The molecule has 3 fully saturated rings. The molecule has 0 aromatic heterocycles.